The average Bonchev–Trinajstić information content (AvgIpc) is 2.97. The Bertz CT molecular complexity index is 1760. The number of hydrogen-bond donors (Lipinski definition) is 4. The molecule has 1 aliphatic heterocycles. The number of hydrogen-bond acceptors (Lipinski definition) is 8. The molecule has 14 heteroatoms. The number of methoxy groups -OCH3 is 1. The first-order valence-electron chi connectivity index (χ1n) is 13.4. The number of amides is 1. The van der Waals surface area contributed by atoms with Crippen LogP contribution in [0.2, 0.25) is 15.1 Å². The fraction of sp³-hybridized carbons (Fsp3) is 0.310. The van der Waals surface area contributed by atoms with Gasteiger partial charge in [0.05, 0.1) is 51.2 Å². The van der Waals surface area contributed by atoms with Crippen molar-refractivity contribution in [2.24, 2.45) is 5.41 Å². The van der Waals surface area contributed by atoms with Crippen LogP contribution in [0.1, 0.15) is 20.8 Å². The van der Waals surface area contributed by atoms with Gasteiger partial charge >= 0.3 is 6.09 Å². The predicted molar refractivity (Wildman–Crippen MR) is 171 cm³/mol. The Morgan fingerprint density at radius 1 is 1.07 bits per heavy atom. The van der Waals surface area contributed by atoms with Crippen LogP contribution in [0.25, 0.3) is 10.8 Å². The number of piperazine rings is 1. The monoisotopic (exact) mass is 645 g/mol. The number of nitrogens with zero attached hydrogens (tertiary/aromatic N) is 4. The van der Waals surface area contributed by atoms with Crippen LogP contribution in [0, 0.1) is 5.41 Å². The minimum Gasteiger partial charge on any atom is -0.494 e. The molecule has 4 N–H and O–H groups in total. The molecule has 0 saturated carbocycles. The van der Waals surface area contributed by atoms with Gasteiger partial charge in [-0.15, -0.1) is 0 Å². The fourth-order valence-electron chi connectivity index (χ4n) is 5.13. The number of pyridine rings is 1. The van der Waals surface area contributed by atoms with Gasteiger partial charge in [0.2, 0.25) is 0 Å². The Morgan fingerprint density at radius 2 is 1.81 bits per heavy atom. The molecule has 1 unspecified atom stereocenters. The van der Waals surface area contributed by atoms with E-state index in [1.807, 2.05) is 39.0 Å². The number of nitrogens with one attached hydrogen (secondary N) is 3. The number of H-pyrrole nitrogens is 1. The summed E-state index contributed by atoms with van der Waals surface area (Å²) in [5.74, 6) is 1.15. The highest BCUT2D eigenvalue weighted by Crippen LogP contribution is 2.39. The second-order valence-corrected chi connectivity index (χ2v) is 12.3. The van der Waals surface area contributed by atoms with Crippen molar-refractivity contribution in [3.63, 3.8) is 0 Å². The van der Waals surface area contributed by atoms with Gasteiger partial charge in [-0.25, -0.2) is 14.9 Å². The lowest BCUT2D eigenvalue weighted by atomic mass is 9.84. The molecule has 1 saturated heterocycles. The van der Waals surface area contributed by atoms with Crippen molar-refractivity contribution in [1.82, 2.24) is 20.1 Å². The molecule has 3 heterocycles. The van der Waals surface area contributed by atoms with Gasteiger partial charge in [-0.05, 0) is 35.7 Å². The number of halogens is 3. The molecular formula is C29H30Cl3N7O4. The summed E-state index contributed by atoms with van der Waals surface area (Å²) in [5.41, 5.74) is 1.25. The number of anilines is 5. The van der Waals surface area contributed by atoms with Crippen LogP contribution in [-0.4, -0.2) is 64.1 Å². The highest BCUT2D eigenvalue weighted by molar-refractivity contribution is 6.49. The number of aromatic amines is 1. The zero-order chi connectivity index (χ0) is 31.1. The Hall–Kier alpha value is -3.93. The first-order valence-corrected chi connectivity index (χ1v) is 14.5. The van der Waals surface area contributed by atoms with E-state index >= 15 is 0 Å². The first-order chi connectivity index (χ1) is 20.4. The average molecular weight is 647 g/mol. The summed E-state index contributed by atoms with van der Waals surface area (Å²) in [6.07, 6.45) is 0.605. The lowest BCUT2D eigenvalue weighted by molar-refractivity contribution is 0.0748. The van der Waals surface area contributed by atoms with Crippen molar-refractivity contribution in [3.8, 4) is 5.75 Å². The van der Waals surface area contributed by atoms with E-state index in [9.17, 15) is 14.7 Å². The molecule has 0 bridgehead atoms. The summed E-state index contributed by atoms with van der Waals surface area (Å²) in [6, 6.07) is 10.4. The van der Waals surface area contributed by atoms with Gasteiger partial charge in [0, 0.05) is 36.8 Å². The number of rotatable bonds is 6. The summed E-state index contributed by atoms with van der Waals surface area (Å²) in [6.45, 7) is 7.57. The first kappa shape index (κ1) is 30.5. The number of carboxylic acid groups (broad SMARTS) is 1. The van der Waals surface area contributed by atoms with E-state index in [4.69, 9.17) is 39.5 Å². The Kier molecular flexibility index (Phi) is 8.51. The Balaban J connectivity index is 1.49. The summed E-state index contributed by atoms with van der Waals surface area (Å²) >= 11 is 18.7. The Labute approximate surface area is 262 Å². The summed E-state index contributed by atoms with van der Waals surface area (Å²) < 4.78 is 5.73. The van der Waals surface area contributed by atoms with Crippen molar-refractivity contribution in [2.45, 2.75) is 26.8 Å². The zero-order valence-corrected chi connectivity index (χ0v) is 26.1. The molecule has 11 nitrogen and oxygen atoms in total. The van der Waals surface area contributed by atoms with Crippen molar-refractivity contribution in [3.05, 3.63) is 68.0 Å². The van der Waals surface area contributed by atoms with E-state index in [0.717, 1.165) is 5.69 Å². The lowest BCUT2D eigenvalue weighted by Crippen LogP contribution is -2.59. The van der Waals surface area contributed by atoms with E-state index in [2.05, 4.69) is 30.7 Å². The maximum Gasteiger partial charge on any atom is 0.407 e. The van der Waals surface area contributed by atoms with Crippen LogP contribution in [0.4, 0.5) is 33.5 Å². The van der Waals surface area contributed by atoms with Crippen molar-refractivity contribution < 1.29 is 14.6 Å². The number of ether oxygens (including phenoxy) is 1. The van der Waals surface area contributed by atoms with E-state index in [-0.39, 0.29) is 27.3 Å². The molecule has 0 spiro atoms. The molecule has 43 heavy (non-hydrogen) atoms. The van der Waals surface area contributed by atoms with Crippen molar-refractivity contribution in [1.29, 1.82) is 0 Å². The van der Waals surface area contributed by atoms with Gasteiger partial charge in [-0.2, -0.15) is 5.10 Å². The molecule has 1 atom stereocenters. The number of carbonyl (C=O) groups is 1. The van der Waals surface area contributed by atoms with Crippen LogP contribution >= 0.6 is 34.8 Å². The van der Waals surface area contributed by atoms with Crippen LogP contribution in [0.5, 0.6) is 5.75 Å². The molecule has 226 valence electrons. The number of fused-ring (bicyclic) bond motifs is 1. The van der Waals surface area contributed by atoms with Crippen molar-refractivity contribution >= 4 is 80.4 Å². The molecule has 2 aromatic heterocycles. The third-order valence-corrected chi connectivity index (χ3v) is 8.67. The second kappa shape index (κ2) is 12.0. The van der Waals surface area contributed by atoms with Crippen LogP contribution in [0.3, 0.4) is 0 Å². The number of aromatic nitrogens is 3. The molecule has 5 rings (SSSR count). The highest BCUT2D eigenvalue weighted by Gasteiger charge is 2.38. The highest BCUT2D eigenvalue weighted by atomic mass is 35.5. The third kappa shape index (κ3) is 6.24. The topological polar surface area (TPSA) is 136 Å². The van der Waals surface area contributed by atoms with Gasteiger partial charge in [-0.3, -0.25) is 4.79 Å². The SMILES string of the molecule is COc1cc(N2CCN(C(=O)O)C(C(C)(C)C)C2)ccc1Nc1nc(Nc2ccc(Cl)c(Cl)c2Cl)cc2cn[nH]c(=O)c12. The molecule has 0 aliphatic carbocycles. The zero-order valence-electron chi connectivity index (χ0n) is 23.8. The van der Waals surface area contributed by atoms with Gasteiger partial charge in [0.1, 0.15) is 17.4 Å². The standard InChI is InChI=1S/C29H30Cl3N7O4/c1-29(2,3)21-14-38(9-10-39(21)28(41)42)16-5-7-18(20(12-16)43-4)35-26-23-15(13-33-37-27(23)40)11-22(36-26)34-19-8-6-17(30)24(31)25(19)32/h5-8,11-13,21H,9-10,14H2,1-4H3,(H,37,40)(H,41,42)(H2,34,35,36). The van der Waals surface area contributed by atoms with Crippen LogP contribution in [0.15, 0.2) is 47.4 Å². The second-order valence-electron chi connectivity index (χ2n) is 11.2. The van der Waals surface area contributed by atoms with Gasteiger partial charge < -0.3 is 30.3 Å². The fourth-order valence-corrected chi connectivity index (χ4v) is 5.71. The maximum absolute atomic E-state index is 12.8. The van der Waals surface area contributed by atoms with Crippen LogP contribution in [-0.2, 0) is 0 Å². The van der Waals surface area contributed by atoms with E-state index in [1.165, 1.54) is 11.1 Å². The van der Waals surface area contributed by atoms with Gasteiger partial charge in [-0.1, -0.05) is 55.6 Å². The molecule has 1 aliphatic rings. The largest absolute Gasteiger partial charge is 0.494 e. The smallest absolute Gasteiger partial charge is 0.407 e. The van der Waals surface area contributed by atoms with E-state index in [0.29, 0.717) is 58.4 Å². The minimum absolute atomic E-state index is 0.197. The number of benzene rings is 2. The summed E-state index contributed by atoms with van der Waals surface area (Å²) in [7, 11) is 1.55. The maximum atomic E-state index is 12.8. The molecule has 0 radical (unpaired) electrons. The quantitative estimate of drug-likeness (QED) is 0.163. The van der Waals surface area contributed by atoms with E-state index in [1.54, 1.807) is 25.3 Å². The van der Waals surface area contributed by atoms with Crippen LogP contribution < -0.4 is 25.8 Å². The predicted octanol–water partition coefficient (Wildman–Crippen LogP) is 6.99. The molecular weight excluding hydrogens is 617 g/mol. The summed E-state index contributed by atoms with van der Waals surface area (Å²) in [4.78, 5) is 33.1. The minimum atomic E-state index is -0.917. The van der Waals surface area contributed by atoms with Gasteiger partial charge in [0.25, 0.3) is 5.56 Å². The Morgan fingerprint density at radius 3 is 2.51 bits per heavy atom. The molecule has 2 aromatic carbocycles. The lowest BCUT2D eigenvalue weighted by Gasteiger charge is -2.46. The third-order valence-electron chi connectivity index (χ3n) is 7.37. The van der Waals surface area contributed by atoms with Crippen molar-refractivity contribution in [2.75, 3.05) is 42.3 Å². The molecule has 4 aromatic rings. The van der Waals surface area contributed by atoms with E-state index < -0.39 is 11.7 Å². The molecule has 1 amide bonds. The van der Waals surface area contributed by atoms with Gasteiger partial charge in [0.15, 0.2) is 0 Å². The molecule has 1 fully saturated rings. The normalized spacial score (nSPS) is 15.5. The summed E-state index contributed by atoms with van der Waals surface area (Å²) in [5, 5.41) is 24.1.